The summed E-state index contributed by atoms with van der Waals surface area (Å²) in [4.78, 5) is 2.45. The molecule has 0 radical (unpaired) electrons. The van der Waals surface area contributed by atoms with Gasteiger partial charge in [-0.1, -0.05) is 18.6 Å². The summed E-state index contributed by atoms with van der Waals surface area (Å²) in [6.07, 6.45) is 4.17. The Kier molecular flexibility index (Phi) is 2.55. The second-order valence-corrected chi connectivity index (χ2v) is 5.44. The molecular formula is C15H18N2. The molecule has 1 saturated heterocycles. The first-order valence-electron chi connectivity index (χ1n) is 6.54. The van der Waals surface area contributed by atoms with Crippen molar-refractivity contribution in [1.82, 2.24) is 0 Å². The van der Waals surface area contributed by atoms with Gasteiger partial charge in [0.2, 0.25) is 0 Å². The molecule has 0 N–H and O–H groups in total. The number of benzene rings is 1. The number of hydrogen-bond donors (Lipinski definition) is 0. The maximum absolute atomic E-state index is 9.23. The van der Waals surface area contributed by atoms with Crippen molar-refractivity contribution in [2.45, 2.75) is 26.2 Å². The first kappa shape index (κ1) is 10.7. The number of anilines is 1. The van der Waals surface area contributed by atoms with Crippen molar-refractivity contribution >= 4 is 5.69 Å². The Balaban J connectivity index is 1.93. The SMILES string of the molecule is Cc1cccc(C#N)c1N1CC2CCCC2C1. The molecule has 1 aliphatic heterocycles. The molecule has 1 heterocycles. The van der Waals surface area contributed by atoms with E-state index in [0.717, 1.165) is 30.5 Å². The Hall–Kier alpha value is -1.49. The molecule has 88 valence electrons. The highest BCUT2D eigenvalue weighted by molar-refractivity contribution is 5.64. The van der Waals surface area contributed by atoms with E-state index in [1.165, 1.54) is 30.5 Å². The number of nitrogens with zero attached hydrogens (tertiary/aromatic N) is 2. The monoisotopic (exact) mass is 226 g/mol. The minimum atomic E-state index is 0.838. The third-order valence-electron chi connectivity index (χ3n) is 4.40. The molecule has 1 saturated carbocycles. The normalized spacial score (nSPS) is 26.9. The molecule has 17 heavy (non-hydrogen) atoms. The van der Waals surface area contributed by atoms with E-state index in [-0.39, 0.29) is 0 Å². The first-order chi connectivity index (χ1) is 8.29. The fraction of sp³-hybridized carbons (Fsp3) is 0.533. The average molecular weight is 226 g/mol. The maximum atomic E-state index is 9.23. The van der Waals surface area contributed by atoms with Gasteiger partial charge in [0, 0.05) is 13.1 Å². The molecule has 2 aliphatic rings. The Morgan fingerprint density at radius 3 is 2.59 bits per heavy atom. The lowest BCUT2D eigenvalue weighted by molar-refractivity contribution is 0.494. The predicted octanol–water partition coefficient (Wildman–Crippen LogP) is 3.10. The van der Waals surface area contributed by atoms with Crippen LogP contribution in [-0.2, 0) is 0 Å². The lowest BCUT2D eigenvalue weighted by Gasteiger charge is -2.23. The van der Waals surface area contributed by atoms with Gasteiger partial charge in [0.05, 0.1) is 11.3 Å². The Morgan fingerprint density at radius 2 is 1.94 bits per heavy atom. The molecule has 2 atom stereocenters. The topological polar surface area (TPSA) is 27.0 Å². The summed E-state index contributed by atoms with van der Waals surface area (Å²) in [7, 11) is 0. The van der Waals surface area contributed by atoms with Crippen LogP contribution in [0.1, 0.15) is 30.4 Å². The molecule has 0 spiro atoms. The molecule has 2 unspecified atom stereocenters. The second kappa shape index (κ2) is 4.07. The molecule has 2 nitrogen and oxygen atoms in total. The average Bonchev–Trinajstić information content (AvgIpc) is 2.88. The van der Waals surface area contributed by atoms with E-state index < -0.39 is 0 Å². The van der Waals surface area contributed by atoms with Crippen LogP contribution in [0.4, 0.5) is 5.69 Å². The lowest BCUT2D eigenvalue weighted by Crippen LogP contribution is -2.22. The fourth-order valence-corrected chi connectivity index (χ4v) is 3.59. The fourth-order valence-electron chi connectivity index (χ4n) is 3.59. The zero-order valence-corrected chi connectivity index (χ0v) is 10.3. The van der Waals surface area contributed by atoms with Gasteiger partial charge in [-0.05, 0) is 43.2 Å². The van der Waals surface area contributed by atoms with Crippen LogP contribution in [0.15, 0.2) is 18.2 Å². The van der Waals surface area contributed by atoms with E-state index in [4.69, 9.17) is 0 Å². The quantitative estimate of drug-likeness (QED) is 0.735. The van der Waals surface area contributed by atoms with Crippen molar-refractivity contribution in [3.63, 3.8) is 0 Å². The minimum Gasteiger partial charge on any atom is -0.370 e. The lowest BCUT2D eigenvalue weighted by atomic mass is 10.0. The van der Waals surface area contributed by atoms with Crippen molar-refractivity contribution in [2.24, 2.45) is 11.8 Å². The summed E-state index contributed by atoms with van der Waals surface area (Å²) < 4.78 is 0. The highest BCUT2D eigenvalue weighted by Crippen LogP contribution is 2.41. The summed E-state index contributed by atoms with van der Waals surface area (Å²) in [5.74, 6) is 1.75. The number of fused-ring (bicyclic) bond motifs is 1. The summed E-state index contributed by atoms with van der Waals surface area (Å²) in [6, 6.07) is 8.37. The van der Waals surface area contributed by atoms with Crippen LogP contribution in [0.5, 0.6) is 0 Å². The van der Waals surface area contributed by atoms with Gasteiger partial charge in [-0.15, -0.1) is 0 Å². The summed E-state index contributed by atoms with van der Waals surface area (Å²) in [5, 5.41) is 9.23. The second-order valence-electron chi connectivity index (χ2n) is 5.44. The zero-order valence-electron chi connectivity index (χ0n) is 10.3. The Labute approximate surface area is 103 Å². The molecule has 0 bridgehead atoms. The zero-order chi connectivity index (χ0) is 11.8. The number of aryl methyl sites for hydroxylation is 1. The van der Waals surface area contributed by atoms with E-state index in [1.807, 2.05) is 12.1 Å². The molecule has 0 amide bonds. The summed E-state index contributed by atoms with van der Waals surface area (Å²) in [6.45, 7) is 4.43. The van der Waals surface area contributed by atoms with Crippen molar-refractivity contribution in [2.75, 3.05) is 18.0 Å². The third kappa shape index (κ3) is 1.70. The highest BCUT2D eigenvalue weighted by atomic mass is 15.2. The van der Waals surface area contributed by atoms with Crippen LogP contribution in [0.3, 0.4) is 0 Å². The smallest absolute Gasteiger partial charge is 0.101 e. The van der Waals surface area contributed by atoms with Gasteiger partial charge in [-0.3, -0.25) is 0 Å². The molecule has 1 aliphatic carbocycles. The first-order valence-corrected chi connectivity index (χ1v) is 6.54. The molecule has 2 fully saturated rings. The van der Waals surface area contributed by atoms with E-state index in [0.29, 0.717) is 0 Å². The van der Waals surface area contributed by atoms with Crippen LogP contribution in [0, 0.1) is 30.1 Å². The third-order valence-corrected chi connectivity index (χ3v) is 4.40. The molecule has 2 heteroatoms. The summed E-state index contributed by atoms with van der Waals surface area (Å²) in [5.41, 5.74) is 3.26. The van der Waals surface area contributed by atoms with Crippen LogP contribution in [0.25, 0.3) is 0 Å². The van der Waals surface area contributed by atoms with Crippen LogP contribution < -0.4 is 4.90 Å². The van der Waals surface area contributed by atoms with E-state index in [9.17, 15) is 5.26 Å². The molecular weight excluding hydrogens is 208 g/mol. The standard InChI is InChI=1S/C15H18N2/c1-11-4-2-5-12(8-16)15(11)17-9-13-6-3-7-14(13)10-17/h2,4-5,13-14H,3,6-7,9-10H2,1H3. The van der Waals surface area contributed by atoms with E-state index in [1.54, 1.807) is 0 Å². The van der Waals surface area contributed by atoms with Gasteiger partial charge in [0.15, 0.2) is 0 Å². The van der Waals surface area contributed by atoms with Gasteiger partial charge < -0.3 is 4.90 Å². The van der Waals surface area contributed by atoms with Crippen LogP contribution >= 0.6 is 0 Å². The largest absolute Gasteiger partial charge is 0.370 e. The van der Waals surface area contributed by atoms with E-state index >= 15 is 0 Å². The molecule has 3 rings (SSSR count). The van der Waals surface area contributed by atoms with Gasteiger partial charge in [-0.25, -0.2) is 0 Å². The van der Waals surface area contributed by atoms with Crippen LogP contribution in [0.2, 0.25) is 0 Å². The van der Waals surface area contributed by atoms with Crippen LogP contribution in [-0.4, -0.2) is 13.1 Å². The summed E-state index contributed by atoms with van der Waals surface area (Å²) >= 11 is 0. The Morgan fingerprint density at radius 1 is 1.24 bits per heavy atom. The molecule has 1 aromatic rings. The van der Waals surface area contributed by atoms with Gasteiger partial charge in [-0.2, -0.15) is 5.26 Å². The molecule has 0 aromatic heterocycles. The maximum Gasteiger partial charge on any atom is 0.101 e. The number of hydrogen-bond acceptors (Lipinski definition) is 2. The number of rotatable bonds is 1. The minimum absolute atomic E-state index is 0.838. The number of para-hydroxylation sites is 1. The van der Waals surface area contributed by atoms with Crippen molar-refractivity contribution in [3.05, 3.63) is 29.3 Å². The molecule has 1 aromatic carbocycles. The highest BCUT2D eigenvalue weighted by Gasteiger charge is 2.37. The van der Waals surface area contributed by atoms with Crippen molar-refractivity contribution in [1.29, 1.82) is 5.26 Å². The van der Waals surface area contributed by atoms with Crippen molar-refractivity contribution in [3.8, 4) is 6.07 Å². The van der Waals surface area contributed by atoms with E-state index in [2.05, 4.69) is 24.0 Å². The predicted molar refractivity (Wildman–Crippen MR) is 68.9 cm³/mol. The number of nitriles is 1. The van der Waals surface area contributed by atoms with Crippen molar-refractivity contribution < 1.29 is 0 Å². The van der Waals surface area contributed by atoms with Gasteiger partial charge in [0.25, 0.3) is 0 Å². The van der Waals surface area contributed by atoms with Gasteiger partial charge in [0.1, 0.15) is 6.07 Å². The van der Waals surface area contributed by atoms with Gasteiger partial charge >= 0.3 is 0 Å². The Bertz CT molecular complexity index is 460.